The molecule has 0 unspecified atom stereocenters. The van der Waals surface area contributed by atoms with E-state index in [1.54, 1.807) is 11.3 Å². The standard InChI is InChI=1S/C13H17N3S/c1-9-7-10(11-5-4-6-17-11)16-12(15-9)13(2,3)8-14/h4-7H,8,14H2,1-3H3. The zero-order valence-electron chi connectivity index (χ0n) is 10.4. The monoisotopic (exact) mass is 247 g/mol. The zero-order chi connectivity index (χ0) is 12.5. The molecule has 2 heterocycles. The van der Waals surface area contributed by atoms with Crippen LogP contribution in [0.3, 0.4) is 0 Å². The molecule has 0 aliphatic carbocycles. The molecule has 0 amide bonds. The molecular formula is C13H17N3S. The largest absolute Gasteiger partial charge is 0.329 e. The highest BCUT2D eigenvalue weighted by molar-refractivity contribution is 7.13. The molecule has 0 bridgehead atoms. The van der Waals surface area contributed by atoms with Crippen molar-refractivity contribution in [2.45, 2.75) is 26.2 Å². The van der Waals surface area contributed by atoms with E-state index in [0.29, 0.717) is 6.54 Å². The minimum absolute atomic E-state index is 0.183. The fourth-order valence-corrected chi connectivity index (χ4v) is 2.20. The topological polar surface area (TPSA) is 51.8 Å². The second-order valence-corrected chi connectivity index (χ2v) is 5.73. The molecule has 0 aromatic carbocycles. The lowest BCUT2D eigenvalue weighted by molar-refractivity contribution is 0.501. The van der Waals surface area contributed by atoms with Crippen molar-refractivity contribution < 1.29 is 0 Å². The summed E-state index contributed by atoms with van der Waals surface area (Å²) in [5.41, 5.74) is 7.57. The highest BCUT2D eigenvalue weighted by Gasteiger charge is 2.23. The van der Waals surface area contributed by atoms with E-state index < -0.39 is 0 Å². The molecule has 17 heavy (non-hydrogen) atoms. The second kappa shape index (κ2) is 4.55. The summed E-state index contributed by atoms with van der Waals surface area (Å²) in [4.78, 5) is 10.3. The summed E-state index contributed by atoms with van der Waals surface area (Å²) >= 11 is 1.69. The maximum atomic E-state index is 5.78. The molecule has 2 N–H and O–H groups in total. The van der Waals surface area contributed by atoms with E-state index in [4.69, 9.17) is 5.73 Å². The molecule has 0 saturated carbocycles. The number of hydrogen-bond acceptors (Lipinski definition) is 4. The Hall–Kier alpha value is -1.26. The lowest BCUT2D eigenvalue weighted by Gasteiger charge is -2.21. The van der Waals surface area contributed by atoms with Crippen LogP contribution in [-0.2, 0) is 5.41 Å². The Balaban J connectivity index is 2.50. The second-order valence-electron chi connectivity index (χ2n) is 4.78. The van der Waals surface area contributed by atoms with Crippen molar-refractivity contribution in [3.05, 3.63) is 35.1 Å². The van der Waals surface area contributed by atoms with Crippen LogP contribution in [-0.4, -0.2) is 16.5 Å². The number of thiophene rings is 1. The lowest BCUT2D eigenvalue weighted by atomic mass is 9.92. The average molecular weight is 247 g/mol. The van der Waals surface area contributed by atoms with Gasteiger partial charge in [0, 0.05) is 17.7 Å². The third kappa shape index (κ3) is 2.53. The van der Waals surface area contributed by atoms with Crippen molar-refractivity contribution >= 4 is 11.3 Å². The van der Waals surface area contributed by atoms with Gasteiger partial charge in [-0.1, -0.05) is 19.9 Å². The highest BCUT2D eigenvalue weighted by atomic mass is 32.1. The molecule has 0 radical (unpaired) electrons. The predicted octanol–water partition coefficient (Wildman–Crippen LogP) is 2.75. The van der Waals surface area contributed by atoms with Gasteiger partial charge in [0.25, 0.3) is 0 Å². The van der Waals surface area contributed by atoms with Crippen LogP contribution in [0.15, 0.2) is 23.6 Å². The fraction of sp³-hybridized carbons (Fsp3) is 0.385. The van der Waals surface area contributed by atoms with Crippen LogP contribution in [0, 0.1) is 6.92 Å². The summed E-state index contributed by atoms with van der Waals surface area (Å²) in [6.07, 6.45) is 0. The summed E-state index contributed by atoms with van der Waals surface area (Å²) in [6, 6.07) is 6.12. The van der Waals surface area contributed by atoms with Gasteiger partial charge < -0.3 is 5.73 Å². The average Bonchev–Trinajstić information content (AvgIpc) is 2.81. The molecule has 2 aromatic heterocycles. The molecule has 4 heteroatoms. The number of rotatable bonds is 3. The highest BCUT2D eigenvalue weighted by Crippen LogP contribution is 2.26. The minimum atomic E-state index is -0.183. The van der Waals surface area contributed by atoms with Gasteiger partial charge in [-0.25, -0.2) is 9.97 Å². The van der Waals surface area contributed by atoms with Crippen molar-refractivity contribution in [2.75, 3.05) is 6.54 Å². The zero-order valence-corrected chi connectivity index (χ0v) is 11.2. The molecule has 0 aliphatic heterocycles. The molecule has 0 fully saturated rings. The normalized spacial score (nSPS) is 11.8. The number of hydrogen-bond donors (Lipinski definition) is 1. The number of aryl methyl sites for hydroxylation is 1. The van der Waals surface area contributed by atoms with E-state index in [1.165, 1.54) is 4.88 Å². The number of nitrogens with zero attached hydrogens (tertiary/aromatic N) is 2. The van der Waals surface area contributed by atoms with E-state index in [2.05, 4.69) is 35.3 Å². The van der Waals surface area contributed by atoms with E-state index >= 15 is 0 Å². The van der Waals surface area contributed by atoms with Crippen molar-refractivity contribution in [1.82, 2.24) is 9.97 Å². The third-order valence-corrected chi connectivity index (χ3v) is 3.64. The number of aromatic nitrogens is 2. The van der Waals surface area contributed by atoms with E-state index in [1.807, 2.05) is 19.1 Å². The van der Waals surface area contributed by atoms with Gasteiger partial charge in [-0.05, 0) is 24.4 Å². The van der Waals surface area contributed by atoms with E-state index in [-0.39, 0.29) is 5.41 Å². The Morgan fingerprint density at radius 1 is 1.35 bits per heavy atom. The molecule has 0 spiro atoms. The summed E-state index contributed by atoms with van der Waals surface area (Å²) in [6.45, 7) is 6.68. The van der Waals surface area contributed by atoms with Gasteiger partial charge in [-0.15, -0.1) is 11.3 Å². The van der Waals surface area contributed by atoms with Gasteiger partial charge in [0.1, 0.15) is 5.82 Å². The van der Waals surface area contributed by atoms with Gasteiger partial charge in [-0.3, -0.25) is 0 Å². The smallest absolute Gasteiger partial charge is 0.136 e. The Labute approximate surface area is 106 Å². The SMILES string of the molecule is Cc1cc(-c2cccs2)nc(C(C)(C)CN)n1. The van der Waals surface area contributed by atoms with E-state index in [9.17, 15) is 0 Å². The first kappa shape index (κ1) is 12.2. The quantitative estimate of drug-likeness (QED) is 0.907. The summed E-state index contributed by atoms with van der Waals surface area (Å²) < 4.78 is 0. The van der Waals surface area contributed by atoms with Gasteiger partial charge >= 0.3 is 0 Å². The maximum Gasteiger partial charge on any atom is 0.136 e. The first-order valence-electron chi connectivity index (χ1n) is 5.63. The van der Waals surface area contributed by atoms with Crippen LogP contribution < -0.4 is 5.73 Å². The molecule has 3 nitrogen and oxygen atoms in total. The van der Waals surface area contributed by atoms with Crippen LogP contribution in [0.4, 0.5) is 0 Å². The first-order chi connectivity index (χ1) is 8.03. The third-order valence-electron chi connectivity index (χ3n) is 2.74. The van der Waals surface area contributed by atoms with Crippen LogP contribution in [0.25, 0.3) is 10.6 Å². The van der Waals surface area contributed by atoms with Crippen LogP contribution in [0.5, 0.6) is 0 Å². The van der Waals surface area contributed by atoms with Crippen molar-refractivity contribution in [2.24, 2.45) is 5.73 Å². The van der Waals surface area contributed by atoms with Gasteiger partial charge in [0.05, 0.1) is 10.6 Å². The molecule has 0 saturated heterocycles. The van der Waals surface area contributed by atoms with Crippen molar-refractivity contribution in [1.29, 1.82) is 0 Å². The van der Waals surface area contributed by atoms with Gasteiger partial charge in [0.15, 0.2) is 0 Å². The Morgan fingerprint density at radius 3 is 2.71 bits per heavy atom. The van der Waals surface area contributed by atoms with Crippen molar-refractivity contribution in [3.63, 3.8) is 0 Å². The van der Waals surface area contributed by atoms with Gasteiger partial charge in [-0.2, -0.15) is 0 Å². The summed E-state index contributed by atoms with van der Waals surface area (Å²) in [5.74, 6) is 0.823. The molecule has 2 aromatic rings. The summed E-state index contributed by atoms with van der Waals surface area (Å²) in [5, 5.41) is 2.06. The lowest BCUT2D eigenvalue weighted by Crippen LogP contribution is -2.30. The first-order valence-corrected chi connectivity index (χ1v) is 6.51. The van der Waals surface area contributed by atoms with Crippen molar-refractivity contribution in [3.8, 4) is 10.6 Å². The summed E-state index contributed by atoms with van der Waals surface area (Å²) in [7, 11) is 0. The van der Waals surface area contributed by atoms with Crippen LogP contribution >= 0.6 is 11.3 Å². The van der Waals surface area contributed by atoms with Crippen LogP contribution in [0.2, 0.25) is 0 Å². The number of nitrogens with two attached hydrogens (primary N) is 1. The van der Waals surface area contributed by atoms with Gasteiger partial charge in [0.2, 0.25) is 0 Å². The molecule has 0 aliphatic rings. The Bertz CT molecular complexity index is 503. The predicted molar refractivity (Wildman–Crippen MR) is 72.2 cm³/mol. The molecule has 2 rings (SSSR count). The minimum Gasteiger partial charge on any atom is -0.329 e. The fourth-order valence-electron chi connectivity index (χ4n) is 1.51. The van der Waals surface area contributed by atoms with E-state index in [0.717, 1.165) is 17.2 Å². The molecular weight excluding hydrogens is 230 g/mol. The Kier molecular flexibility index (Phi) is 3.26. The molecule has 90 valence electrons. The maximum absolute atomic E-state index is 5.78. The molecule has 0 atom stereocenters. The van der Waals surface area contributed by atoms with Crippen LogP contribution in [0.1, 0.15) is 25.4 Å². The Morgan fingerprint density at radius 2 is 2.12 bits per heavy atom.